The lowest BCUT2D eigenvalue weighted by atomic mass is 9.84. The standard InChI is InChI=1S/C19H19NO4/c1-24-15-9-7-14(8-10-15)20-17(21)12-11-16(19(22)23)18(20)13-5-3-2-4-6-13/h2-10,16,18H,11-12H2,1H3,(H,22,23)/t16-,18+/m1/s1. The number of carbonyl (C=O) groups excluding carboxylic acids is 1. The largest absolute Gasteiger partial charge is 0.497 e. The summed E-state index contributed by atoms with van der Waals surface area (Å²) >= 11 is 0. The van der Waals surface area contributed by atoms with Crippen LogP contribution in [0.5, 0.6) is 5.75 Å². The van der Waals surface area contributed by atoms with Gasteiger partial charge in [0.2, 0.25) is 5.91 Å². The van der Waals surface area contributed by atoms with E-state index in [1.165, 1.54) is 0 Å². The number of carboxylic acids is 1. The fourth-order valence-corrected chi connectivity index (χ4v) is 3.23. The predicted octanol–water partition coefficient (Wildman–Crippen LogP) is 3.26. The van der Waals surface area contributed by atoms with Gasteiger partial charge in [-0.05, 0) is 36.2 Å². The third-order valence-corrected chi connectivity index (χ3v) is 4.41. The van der Waals surface area contributed by atoms with E-state index in [1.54, 1.807) is 36.3 Å². The topological polar surface area (TPSA) is 66.8 Å². The van der Waals surface area contributed by atoms with Gasteiger partial charge in [0.05, 0.1) is 19.1 Å². The maximum Gasteiger partial charge on any atom is 0.308 e. The Morgan fingerprint density at radius 2 is 1.79 bits per heavy atom. The molecule has 24 heavy (non-hydrogen) atoms. The van der Waals surface area contributed by atoms with Crippen molar-refractivity contribution in [3.8, 4) is 5.75 Å². The third-order valence-electron chi connectivity index (χ3n) is 4.41. The Kier molecular flexibility index (Phi) is 4.51. The molecule has 2 atom stereocenters. The van der Waals surface area contributed by atoms with Crippen LogP contribution in [0.4, 0.5) is 5.69 Å². The number of anilines is 1. The van der Waals surface area contributed by atoms with Crippen LogP contribution in [-0.4, -0.2) is 24.1 Å². The van der Waals surface area contributed by atoms with E-state index in [9.17, 15) is 14.7 Å². The van der Waals surface area contributed by atoms with Crippen LogP contribution in [0.15, 0.2) is 54.6 Å². The molecule has 1 amide bonds. The molecule has 1 heterocycles. The molecule has 5 nitrogen and oxygen atoms in total. The lowest BCUT2D eigenvalue weighted by molar-refractivity contribution is -0.144. The van der Waals surface area contributed by atoms with E-state index in [0.29, 0.717) is 17.9 Å². The summed E-state index contributed by atoms with van der Waals surface area (Å²) in [6.07, 6.45) is 0.576. The highest BCUT2D eigenvalue weighted by Crippen LogP contribution is 2.40. The van der Waals surface area contributed by atoms with Crippen molar-refractivity contribution in [2.24, 2.45) is 5.92 Å². The highest BCUT2D eigenvalue weighted by Gasteiger charge is 2.41. The van der Waals surface area contributed by atoms with E-state index in [4.69, 9.17) is 4.74 Å². The summed E-state index contributed by atoms with van der Waals surface area (Å²) < 4.78 is 5.16. The van der Waals surface area contributed by atoms with Crippen LogP contribution in [0.3, 0.4) is 0 Å². The second-order valence-electron chi connectivity index (χ2n) is 5.80. The number of aliphatic carboxylic acids is 1. The maximum absolute atomic E-state index is 12.6. The number of rotatable bonds is 4. The molecule has 0 aromatic heterocycles. The van der Waals surface area contributed by atoms with Gasteiger partial charge in [0.1, 0.15) is 5.75 Å². The number of piperidine rings is 1. The third kappa shape index (κ3) is 2.97. The van der Waals surface area contributed by atoms with Crippen molar-refractivity contribution in [2.45, 2.75) is 18.9 Å². The van der Waals surface area contributed by atoms with Crippen molar-refractivity contribution < 1.29 is 19.4 Å². The Hall–Kier alpha value is -2.82. The molecule has 3 rings (SSSR count). The first kappa shape index (κ1) is 16.1. The second-order valence-corrected chi connectivity index (χ2v) is 5.80. The van der Waals surface area contributed by atoms with Crippen LogP contribution in [-0.2, 0) is 9.59 Å². The molecule has 0 bridgehead atoms. The molecule has 1 aliphatic heterocycles. The number of hydrogen-bond donors (Lipinski definition) is 1. The van der Waals surface area contributed by atoms with Crippen molar-refractivity contribution in [3.63, 3.8) is 0 Å². The van der Waals surface area contributed by atoms with Gasteiger partial charge in [0.15, 0.2) is 0 Å². The van der Waals surface area contributed by atoms with Crippen LogP contribution < -0.4 is 9.64 Å². The summed E-state index contributed by atoms with van der Waals surface area (Å²) in [4.78, 5) is 26.0. The summed E-state index contributed by atoms with van der Waals surface area (Å²) in [5.74, 6) is -0.886. The number of hydrogen-bond acceptors (Lipinski definition) is 3. The first-order chi connectivity index (χ1) is 11.6. The van der Waals surface area contributed by atoms with E-state index in [2.05, 4.69) is 0 Å². The molecule has 0 saturated carbocycles. The van der Waals surface area contributed by atoms with E-state index in [1.807, 2.05) is 30.3 Å². The molecule has 1 fully saturated rings. The zero-order valence-corrected chi connectivity index (χ0v) is 13.4. The molecule has 0 spiro atoms. The molecule has 2 aromatic rings. The van der Waals surface area contributed by atoms with Gasteiger partial charge in [0, 0.05) is 12.1 Å². The van der Waals surface area contributed by atoms with E-state index < -0.39 is 17.9 Å². The molecule has 0 unspecified atom stereocenters. The van der Waals surface area contributed by atoms with Crippen LogP contribution in [0.25, 0.3) is 0 Å². The normalized spacial score (nSPS) is 20.7. The monoisotopic (exact) mass is 325 g/mol. The first-order valence-electron chi connectivity index (χ1n) is 7.85. The highest BCUT2D eigenvalue weighted by molar-refractivity contribution is 5.96. The summed E-state index contributed by atoms with van der Waals surface area (Å²) in [5, 5.41) is 9.65. The fourth-order valence-electron chi connectivity index (χ4n) is 3.23. The summed E-state index contributed by atoms with van der Waals surface area (Å²) in [6.45, 7) is 0. The molecule has 5 heteroatoms. The molecule has 1 aliphatic rings. The van der Waals surface area contributed by atoms with E-state index >= 15 is 0 Å². The molecule has 124 valence electrons. The fraction of sp³-hybridized carbons (Fsp3) is 0.263. The second kappa shape index (κ2) is 6.74. The number of amides is 1. The minimum Gasteiger partial charge on any atom is -0.497 e. The summed E-state index contributed by atoms with van der Waals surface area (Å²) in [5.41, 5.74) is 1.51. The maximum atomic E-state index is 12.6. The van der Waals surface area contributed by atoms with Gasteiger partial charge in [-0.2, -0.15) is 0 Å². The molecule has 0 aliphatic carbocycles. The lowest BCUT2D eigenvalue weighted by Crippen LogP contribution is -2.45. The zero-order chi connectivity index (χ0) is 17.1. The number of nitrogens with zero attached hydrogens (tertiary/aromatic N) is 1. The predicted molar refractivity (Wildman–Crippen MR) is 90.0 cm³/mol. The molecule has 0 radical (unpaired) electrons. The molecular weight excluding hydrogens is 306 g/mol. The minimum absolute atomic E-state index is 0.0634. The van der Waals surface area contributed by atoms with Gasteiger partial charge in [-0.15, -0.1) is 0 Å². The smallest absolute Gasteiger partial charge is 0.308 e. The van der Waals surface area contributed by atoms with Crippen LogP contribution in [0, 0.1) is 5.92 Å². The highest BCUT2D eigenvalue weighted by atomic mass is 16.5. The number of methoxy groups -OCH3 is 1. The van der Waals surface area contributed by atoms with Gasteiger partial charge in [-0.1, -0.05) is 30.3 Å². The SMILES string of the molecule is COc1ccc(N2C(=O)CC[C@@H](C(=O)O)[C@@H]2c2ccccc2)cc1. The van der Waals surface area contributed by atoms with Crippen molar-refractivity contribution in [2.75, 3.05) is 12.0 Å². The Balaban J connectivity index is 2.07. The van der Waals surface area contributed by atoms with Gasteiger partial charge >= 0.3 is 5.97 Å². The Bertz CT molecular complexity index is 727. The van der Waals surface area contributed by atoms with Gasteiger partial charge in [-0.3, -0.25) is 9.59 Å². The van der Waals surface area contributed by atoms with Gasteiger partial charge < -0.3 is 14.7 Å². The number of benzene rings is 2. The first-order valence-corrected chi connectivity index (χ1v) is 7.85. The van der Waals surface area contributed by atoms with E-state index in [0.717, 1.165) is 5.56 Å². The summed E-state index contributed by atoms with van der Waals surface area (Å²) in [6, 6.07) is 15.9. The Labute approximate surface area is 140 Å². The quantitative estimate of drug-likeness (QED) is 0.937. The van der Waals surface area contributed by atoms with Gasteiger partial charge in [0.25, 0.3) is 0 Å². The molecule has 2 aromatic carbocycles. The summed E-state index contributed by atoms with van der Waals surface area (Å²) in [7, 11) is 1.58. The van der Waals surface area contributed by atoms with Crippen molar-refractivity contribution in [1.82, 2.24) is 0 Å². The lowest BCUT2D eigenvalue weighted by Gasteiger charge is -2.39. The number of carbonyl (C=O) groups is 2. The van der Waals surface area contributed by atoms with Crippen LogP contribution in [0.2, 0.25) is 0 Å². The van der Waals surface area contributed by atoms with Crippen LogP contribution >= 0.6 is 0 Å². The zero-order valence-electron chi connectivity index (χ0n) is 13.4. The minimum atomic E-state index is -0.880. The van der Waals surface area contributed by atoms with E-state index in [-0.39, 0.29) is 12.3 Å². The number of ether oxygens (including phenoxy) is 1. The molecule has 1 N–H and O–H groups in total. The van der Waals surface area contributed by atoms with Gasteiger partial charge in [-0.25, -0.2) is 0 Å². The molecule has 1 saturated heterocycles. The number of carboxylic acid groups (broad SMARTS) is 1. The van der Waals surface area contributed by atoms with Crippen LogP contribution in [0.1, 0.15) is 24.4 Å². The average molecular weight is 325 g/mol. The van der Waals surface area contributed by atoms with Crippen molar-refractivity contribution >= 4 is 17.6 Å². The Morgan fingerprint density at radius 3 is 2.38 bits per heavy atom. The Morgan fingerprint density at radius 1 is 1.12 bits per heavy atom. The van der Waals surface area contributed by atoms with Crippen molar-refractivity contribution in [3.05, 3.63) is 60.2 Å². The average Bonchev–Trinajstić information content (AvgIpc) is 2.62. The molecular formula is C19H19NO4. The van der Waals surface area contributed by atoms with Crippen molar-refractivity contribution in [1.29, 1.82) is 0 Å².